The molecule has 4 rings (SSSR count). The van der Waals surface area contributed by atoms with Gasteiger partial charge in [0, 0.05) is 38.2 Å². The highest BCUT2D eigenvalue weighted by Gasteiger charge is 2.76. The normalized spacial score (nSPS) is 18.1. The molecular formula is C22H23F2N3O2. The molecule has 2 aromatic carbocycles. The van der Waals surface area contributed by atoms with Gasteiger partial charge >= 0.3 is 6.03 Å². The van der Waals surface area contributed by atoms with Crippen LogP contribution in [0.15, 0.2) is 48.5 Å². The fourth-order valence-electron chi connectivity index (χ4n) is 3.65. The van der Waals surface area contributed by atoms with E-state index in [1.54, 1.807) is 18.2 Å². The Morgan fingerprint density at radius 3 is 2.31 bits per heavy atom. The van der Waals surface area contributed by atoms with Gasteiger partial charge in [-0.3, -0.25) is 4.79 Å². The SMILES string of the molecule is Cc1ccc(CNC(=O)c2cccc(CNC(=O)N3CC4(C3)CC4(F)F)c2)cc1. The van der Waals surface area contributed by atoms with E-state index in [4.69, 9.17) is 0 Å². The van der Waals surface area contributed by atoms with Crippen LogP contribution in [0.1, 0.15) is 33.5 Å². The van der Waals surface area contributed by atoms with Gasteiger partial charge in [0.05, 0.1) is 5.41 Å². The summed E-state index contributed by atoms with van der Waals surface area (Å²) in [5, 5.41) is 5.61. The summed E-state index contributed by atoms with van der Waals surface area (Å²) in [6.45, 7) is 2.88. The number of hydrogen-bond donors (Lipinski definition) is 2. The van der Waals surface area contributed by atoms with Gasteiger partial charge in [-0.1, -0.05) is 42.0 Å². The van der Waals surface area contributed by atoms with Crippen LogP contribution >= 0.6 is 0 Å². The van der Waals surface area contributed by atoms with Crippen molar-refractivity contribution in [1.82, 2.24) is 15.5 Å². The summed E-state index contributed by atoms with van der Waals surface area (Å²) in [5.41, 5.74) is 2.48. The predicted molar refractivity (Wildman–Crippen MR) is 105 cm³/mol. The van der Waals surface area contributed by atoms with Crippen LogP contribution in [-0.2, 0) is 13.1 Å². The van der Waals surface area contributed by atoms with Crippen molar-refractivity contribution in [3.05, 3.63) is 70.8 Å². The second kappa shape index (κ2) is 7.13. The zero-order valence-corrected chi connectivity index (χ0v) is 16.2. The van der Waals surface area contributed by atoms with Crippen LogP contribution in [-0.4, -0.2) is 35.9 Å². The van der Waals surface area contributed by atoms with Crippen molar-refractivity contribution >= 4 is 11.9 Å². The number of benzene rings is 2. The van der Waals surface area contributed by atoms with Gasteiger partial charge in [0.15, 0.2) is 0 Å². The summed E-state index contributed by atoms with van der Waals surface area (Å²) in [6, 6.07) is 14.6. The van der Waals surface area contributed by atoms with Crippen LogP contribution in [0, 0.1) is 12.3 Å². The minimum absolute atomic E-state index is 0.104. The van der Waals surface area contributed by atoms with Gasteiger partial charge in [-0.25, -0.2) is 13.6 Å². The minimum atomic E-state index is -2.62. The first-order valence-corrected chi connectivity index (χ1v) is 9.61. The lowest BCUT2D eigenvalue weighted by Crippen LogP contribution is -2.56. The number of alkyl halides is 2. The number of hydrogen-bond acceptors (Lipinski definition) is 2. The summed E-state index contributed by atoms with van der Waals surface area (Å²) < 4.78 is 26.5. The molecule has 29 heavy (non-hydrogen) atoms. The Labute approximate surface area is 168 Å². The molecule has 0 radical (unpaired) electrons. The number of nitrogens with zero attached hydrogens (tertiary/aromatic N) is 1. The van der Waals surface area contributed by atoms with Gasteiger partial charge in [0.1, 0.15) is 0 Å². The first-order chi connectivity index (χ1) is 13.8. The van der Waals surface area contributed by atoms with Crippen LogP contribution in [0.2, 0.25) is 0 Å². The van der Waals surface area contributed by atoms with Gasteiger partial charge in [-0.15, -0.1) is 0 Å². The number of likely N-dealkylation sites (tertiary alicyclic amines) is 1. The molecule has 2 aliphatic rings. The van der Waals surface area contributed by atoms with E-state index >= 15 is 0 Å². The topological polar surface area (TPSA) is 61.4 Å². The van der Waals surface area contributed by atoms with Gasteiger partial charge in [-0.2, -0.15) is 0 Å². The van der Waals surface area contributed by atoms with E-state index in [-0.39, 0.29) is 38.0 Å². The van der Waals surface area contributed by atoms with Crippen LogP contribution in [0.3, 0.4) is 0 Å². The standard InChI is InChI=1S/C22H23F2N3O2/c1-15-5-7-16(8-6-15)10-25-19(28)18-4-2-3-17(9-18)11-26-20(29)27-13-21(14-27)12-22(21,23)24/h2-9H,10-14H2,1H3,(H,25,28)(H,26,29). The van der Waals surface area contributed by atoms with Crippen LogP contribution in [0.5, 0.6) is 0 Å². The van der Waals surface area contributed by atoms with Crippen molar-refractivity contribution in [3.8, 4) is 0 Å². The Balaban J connectivity index is 1.26. The first-order valence-electron chi connectivity index (χ1n) is 9.61. The largest absolute Gasteiger partial charge is 0.348 e. The molecule has 5 nitrogen and oxygen atoms in total. The fourth-order valence-corrected chi connectivity index (χ4v) is 3.65. The maximum atomic E-state index is 13.2. The van der Waals surface area contributed by atoms with Gasteiger partial charge < -0.3 is 15.5 Å². The van der Waals surface area contributed by atoms with Gasteiger partial charge in [-0.05, 0) is 30.2 Å². The Bertz CT molecular complexity index is 937. The third kappa shape index (κ3) is 3.95. The highest BCUT2D eigenvalue weighted by Crippen LogP contribution is 2.65. The van der Waals surface area contributed by atoms with Crippen LogP contribution in [0.4, 0.5) is 13.6 Å². The highest BCUT2D eigenvalue weighted by molar-refractivity contribution is 5.94. The Kier molecular flexibility index (Phi) is 4.76. The molecule has 7 heteroatoms. The number of carbonyl (C=O) groups is 2. The molecule has 1 saturated carbocycles. The minimum Gasteiger partial charge on any atom is -0.348 e. The molecule has 152 valence electrons. The summed E-state index contributed by atoms with van der Waals surface area (Å²) in [5.74, 6) is -2.82. The lowest BCUT2D eigenvalue weighted by atomic mass is 9.96. The number of urea groups is 1. The lowest BCUT2D eigenvalue weighted by Gasteiger charge is -2.39. The Morgan fingerprint density at radius 1 is 1.00 bits per heavy atom. The van der Waals surface area contributed by atoms with Crippen molar-refractivity contribution in [3.63, 3.8) is 0 Å². The van der Waals surface area contributed by atoms with Crippen LogP contribution < -0.4 is 10.6 Å². The molecule has 2 N–H and O–H groups in total. The quantitative estimate of drug-likeness (QED) is 0.809. The molecule has 1 aliphatic carbocycles. The molecule has 1 aliphatic heterocycles. The van der Waals surface area contributed by atoms with E-state index in [1.165, 1.54) is 4.90 Å². The van der Waals surface area contributed by atoms with E-state index in [0.29, 0.717) is 12.1 Å². The zero-order chi connectivity index (χ0) is 20.6. The maximum Gasteiger partial charge on any atom is 0.317 e. The molecule has 0 atom stereocenters. The smallest absolute Gasteiger partial charge is 0.317 e. The molecule has 1 heterocycles. The Hall–Kier alpha value is -2.96. The van der Waals surface area contributed by atoms with Gasteiger partial charge in [0.2, 0.25) is 0 Å². The number of aryl methyl sites for hydroxylation is 1. The molecule has 0 unspecified atom stereocenters. The van der Waals surface area contributed by atoms with Gasteiger partial charge in [0.25, 0.3) is 11.8 Å². The van der Waals surface area contributed by atoms with Crippen molar-refractivity contribution in [2.45, 2.75) is 32.4 Å². The number of rotatable bonds is 5. The van der Waals surface area contributed by atoms with E-state index < -0.39 is 11.3 Å². The van der Waals surface area contributed by atoms with Crippen molar-refractivity contribution in [2.24, 2.45) is 5.41 Å². The molecule has 1 spiro atoms. The molecular weight excluding hydrogens is 376 g/mol. The maximum absolute atomic E-state index is 13.2. The molecule has 2 aromatic rings. The van der Waals surface area contributed by atoms with E-state index in [9.17, 15) is 18.4 Å². The third-order valence-corrected chi connectivity index (χ3v) is 5.69. The second-order valence-electron chi connectivity index (χ2n) is 8.04. The average Bonchev–Trinajstić information content (AvgIpc) is 3.27. The zero-order valence-electron chi connectivity index (χ0n) is 16.2. The summed E-state index contributed by atoms with van der Waals surface area (Å²) in [7, 11) is 0. The summed E-state index contributed by atoms with van der Waals surface area (Å²) in [6.07, 6.45) is -0.122. The number of nitrogens with one attached hydrogen (secondary N) is 2. The average molecular weight is 399 g/mol. The third-order valence-electron chi connectivity index (χ3n) is 5.69. The van der Waals surface area contributed by atoms with Crippen molar-refractivity contribution in [2.75, 3.05) is 13.1 Å². The second-order valence-corrected chi connectivity index (χ2v) is 8.04. The summed E-state index contributed by atoms with van der Waals surface area (Å²) >= 11 is 0. The summed E-state index contributed by atoms with van der Waals surface area (Å²) in [4.78, 5) is 25.9. The van der Waals surface area contributed by atoms with E-state index in [2.05, 4.69) is 10.6 Å². The molecule has 3 amide bonds. The monoisotopic (exact) mass is 399 g/mol. The van der Waals surface area contributed by atoms with E-state index in [0.717, 1.165) is 16.7 Å². The lowest BCUT2D eigenvalue weighted by molar-refractivity contribution is -0.00511. The molecule has 0 bridgehead atoms. The number of carbonyl (C=O) groups excluding carboxylic acids is 2. The molecule has 2 fully saturated rings. The highest BCUT2D eigenvalue weighted by atomic mass is 19.3. The van der Waals surface area contributed by atoms with E-state index in [1.807, 2.05) is 37.3 Å². The number of amides is 3. The molecule has 0 aromatic heterocycles. The fraction of sp³-hybridized carbons (Fsp3) is 0.364. The number of halogens is 2. The Morgan fingerprint density at radius 2 is 1.66 bits per heavy atom. The van der Waals surface area contributed by atoms with Crippen LogP contribution in [0.25, 0.3) is 0 Å². The first kappa shape index (κ1) is 19.4. The molecule has 1 saturated heterocycles. The predicted octanol–water partition coefficient (Wildman–Crippen LogP) is 3.48. The van der Waals surface area contributed by atoms with Crippen molar-refractivity contribution in [1.29, 1.82) is 0 Å². The van der Waals surface area contributed by atoms with Crippen molar-refractivity contribution < 1.29 is 18.4 Å².